The van der Waals surface area contributed by atoms with Gasteiger partial charge in [-0.3, -0.25) is 9.36 Å². The molecule has 0 aliphatic rings. The fourth-order valence-corrected chi connectivity index (χ4v) is 2.03. The van der Waals surface area contributed by atoms with E-state index >= 15 is 0 Å². The minimum Gasteiger partial charge on any atom is -0.396 e. The summed E-state index contributed by atoms with van der Waals surface area (Å²) in [6.45, 7) is 3.17. The molecule has 0 bridgehead atoms. The quantitative estimate of drug-likeness (QED) is 0.621. The van der Waals surface area contributed by atoms with Gasteiger partial charge in [0.2, 0.25) is 5.82 Å². The molecule has 0 radical (unpaired) electrons. The molecule has 0 aliphatic heterocycles. The molecule has 1 heterocycles. The predicted octanol–water partition coefficient (Wildman–Crippen LogP) is 0.707. The highest BCUT2D eigenvalue weighted by Gasteiger charge is 2.09. The third kappa shape index (κ3) is 5.34. The summed E-state index contributed by atoms with van der Waals surface area (Å²) < 4.78 is 2.41. The number of aromatic nitrogens is 3. The van der Waals surface area contributed by atoms with Crippen molar-refractivity contribution in [2.75, 3.05) is 18.5 Å². The van der Waals surface area contributed by atoms with Crippen LogP contribution in [0.3, 0.4) is 0 Å². The summed E-state index contributed by atoms with van der Waals surface area (Å²) in [5, 5.41) is 15.7. The van der Waals surface area contributed by atoms with Crippen molar-refractivity contribution in [2.24, 2.45) is 7.05 Å². The number of anilines is 1. The average Bonchev–Trinajstić information content (AvgIpc) is 2.48. The zero-order valence-electron chi connectivity index (χ0n) is 13.0. The number of aliphatic hydroxyl groups is 1. The predicted molar refractivity (Wildman–Crippen MR) is 82.7 cm³/mol. The Bertz CT molecular complexity index is 536. The van der Waals surface area contributed by atoms with Gasteiger partial charge in [0.1, 0.15) is 0 Å². The maximum absolute atomic E-state index is 12.0. The van der Waals surface area contributed by atoms with Gasteiger partial charge in [-0.1, -0.05) is 32.6 Å². The Labute approximate surface area is 124 Å². The van der Waals surface area contributed by atoms with E-state index in [2.05, 4.69) is 17.3 Å². The molecule has 0 aliphatic carbocycles. The van der Waals surface area contributed by atoms with Crippen molar-refractivity contribution in [3.63, 3.8) is 0 Å². The van der Waals surface area contributed by atoms with Crippen LogP contribution in [0.25, 0.3) is 0 Å². The first-order chi connectivity index (χ1) is 10.1. The van der Waals surface area contributed by atoms with Crippen molar-refractivity contribution in [2.45, 2.75) is 52.0 Å². The van der Waals surface area contributed by atoms with Gasteiger partial charge in [-0.2, -0.15) is 0 Å². The minimum atomic E-state index is -0.430. The molecule has 0 unspecified atom stereocenters. The molecular weight excluding hydrogens is 272 g/mol. The summed E-state index contributed by atoms with van der Waals surface area (Å²) >= 11 is 0. The molecule has 2 N–H and O–H groups in total. The summed E-state index contributed by atoms with van der Waals surface area (Å²) in [7, 11) is 1.46. The maximum atomic E-state index is 12.0. The first-order valence-electron chi connectivity index (χ1n) is 7.64. The molecule has 0 aromatic carbocycles. The standard InChI is InChI=1S/C14H26N4O3/c1-3-4-5-6-7-10-18-14(21)17(2)13(20)12(16-18)15-9-8-11-19/h19H,3-11H2,1-2H3,(H,15,16). The lowest BCUT2D eigenvalue weighted by molar-refractivity contribution is 0.292. The van der Waals surface area contributed by atoms with E-state index in [0.29, 0.717) is 19.5 Å². The molecule has 0 saturated heterocycles. The topological polar surface area (TPSA) is 89.2 Å². The van der Waals surface area contributed by atoms with Crippen molar-refractivity contribution in [3.05, 3.63) is 20.8 Å². The molecule has 0 amide bonds. The van der Waals surface area contributed by atoms with Gasteiger partial charge in [0.15, 0.2) is 0 Å². The van der Waals surface area contributed by atoms with E-state index in [-0.39, 0.29) is 18.1 Å². The van der Waals surface area contributed by atoms with Gasteiger partial charge in [0.05, 0.1) is 0 Å². The SMILES string of the molecule is CCCCCCCn1nc(NCCCO)c(=O)n(C)c1=O. The Hall–Kier alpha value is -1.63. The Balaban J connectivity index is 2.74. The van der Waals surface area contributed by atoms with Crippen LogP contribution in [0.15, 0.2) is 9.59 Å². The van der Waals surface area contributed by atoms with Crippen LogP contribution in [0, 0.1) is 0 Å². The molecule has 1 rings (SSSR count). The van der Waals surface area contributed by atoms with E-state index in [4.69, 9.17) is 5.11 Å². The summed E-state index contributed by atoms with van der Waals surface area (Å²) in [6, 6.07) is 0. The van der Waals surface area contributed by atoms with E-state index in [1.54, 1.807) is 0 Å². The highest BCUT2D eigenvalue weighted by atomic mass is 16.3. The second kappa shape index (κ2) is 9.33. The zero-order chi connectivity index (χ0) is 15.7. The third-order valence-corrected chi connectivity index (χ3v) is 3.34. The van der Waals surface area contributed by atoms with Gasteiger partial charge in [0.25, 0.3) is 5.56 Å². The van der Waals surface area contributed by atoms with Gasteiger partial charge >= 0.3 is 5.69 Å². The normalized spacial score (nSPS) is 10.8. The van der Waals surface area contributed by atoms with Crippen molar-refractivity contribution in [3.8, 4) is 0 Å². The summed E-state index contributed by atoms with van der Waals surface area (Å²) in [5.74, 6) is 0.166. The molecule has 1 aromatic rings. The van der Waals surface area contributed by atoms with E-state index in [0.717, 1.165) is 23.8 Å². The molecule has 7 heteroatoms. The molecule has 120 valence electrons. The van der Waals surface area contributed by atoms with Gasteiger partial charge in [0, 0.05) is 26.7 Å². The first kappa shape index (κ1) is 17.4. The van der Waals surface area contributed by atoms with Crippen LogP contribution in [0.5, 0.6) is 0 Å². The highest BCUT2D eigenvalue weighted by Crippen LogP contribution is 2.03. The van der Waals surface area contributed by atoms with E-state index in [1.807, 2.05) is 0 Å². The van der Waals surface area contributed by atoms with Crippen molar-refractivity contribution >= 4 is 5.82 Å². The van der Waals surface area contributed by atoms with E-state index < -0.39 is 5.56 Å². The number of hydrogen-bond acceptors (Lipinski definition) is 5. The fraction of sp³-hybridized carbons (Fsp3) is 0.786. The van der Waals surface area contributed by atoms with Gasteiger partial charge < -0.3 is 10.4 Å². The Morgan fingerprint density at radius 3 is 2.52 bits per heavy atom. The molecule has 0 saturated carbocycles. The van der Waals surface area contributed by atoms with Crippen LogP contribution in [0.4, 0.5) is 5.82 Å². The summed E-state index contributed by atoms with van der Waals surface area (Å²) in [6.07, 6.45) is 5.99. The van der Waals surface area contributed by atoms with Crippen LogP contribution in [0.2, 0.25) is 0 Å². The van der Waals surface area contributed by atoms with E-state index in [9.17, 15) is 9.59 Å². The van der Waals surface area contributed by atoms with Gasteiger partial charge in [-0.05, 0) is 12.8 Å². The first-order valence-corrected chi connectivity index (χ1v) is 7.64. The molecular formula is C14H26N4O3. The zero-order valence-corrected chi connectivity index (χ0v) is 13.0. The number of aliphatic hydroxyl groups excluding tert-OH is 1. The summed E-state index contributed by atoms with van der Waals surface area (Å²) in [4.78, 5) is 23.9. The molecule has 0 atom stereocenters. The van der Waals surface area contributed by atoms with Crippen LogP contribution < -0.4 is 16.6 Å². The lowest BCUT2D eigenvalue weighted by atomic mass is 10.1. The molecule has 21 heavy (non-hydrogen) atoms. The highest BCUT2D eigenvalue weighted by molar-refractivity contribution is 5.29. The molecule has 7 nitrogen and oxygen atoms in total. The maximum Gasteiger partial charge on any atom is 0.347 e. The van der Waals surface area contributed by atoms with Crippen molar-refractivity contribution in [1.82, 2.24) is 14.3 Å². The van der Waals surface area contributed by atoms with Gasteiger partial charge in [-0.15, -0.1) is 5.10 Å². The number of aryl methyl sites for hydroxylation is 1. The monoisotopic (exact) mass is 298 g/mol. The third-order valence-electron chi connectivity index (χ3n) is 3.34. The Morgan fingerprint density at radius 2 is 1.86 bits per heavy atom. The molecule has 1 aromatic heterocycles. The summed E-state index contributed by atoms with van der Waals surface area (Å²) in [5.41, 5.74) is -0.816. The van der Waals surface area contributed by atoms with E-state index in [1.165, 1.54) is 24.6 Å². The van der Waals surface area contributed by atoms with Crippen LogP contribution in [-0.4, -0.2) is 32.6 Å². The lowest BCUT2D eigenvalue weighted by Crippen LogP contribution is -2.41. The largest absolute Gasteiger partial charge is 0.396 e. The van der Waals surface area contributed by atoms with Crippen molar-refractivity contribution < 1.29 is 5.11 Å². The molecule has 0 fully saturated rings. The van der Waals surface area contributed by atoms with Crippen LogP contribution >= 0.6 is 0 Å². The van der Waals surface area contributed by atoms with Crippen LogP contribution in [0.1, 0.15) is 45.4 Å². The number of unbranched alkanes of at least 4 members (excludes halogenated alkanes) is 4. The molecule has 0 spiro atoms. The minimum absolute atomic E-state index is 0.0460. The number of nitrogens with zero attached hydrogens (tertiary/aromatic N) is 3. The number of rotatable bonds is 10. The van der Waals surface area contributed by atoms with Crippen LogP contribution in [-0.2, 0) is 13.6 Å². The Kier molecular flexibility index (Phi) is 7.74. The smallest absolute Gasteiger partial charge is 0.347 e. The lowest BCUT2D eigenvalue weighted by Gasteiger charge is -2.10. The second-order valence-electron chi connectivity index (χ2n) is 5.14. The average molecular weight is 298 g/mol. The fourth-order valence-electron chi connectivity index (χ4n) is 2.03. The van der Waals surface area contributed by atoms with Crippen molar-refractivity contribution in [1.29, 1.82) is 0 Å². The van der Waals surface area contributed by atoms with Gasteiger partial charge in [-0.25, -0.2) is 9.48 Å². The Morgan fingerprint density at radius 1 is 1.14 bits per heavy atom. The second-order valence-corrected chi connectivity index (χ2v) is 5.14. The number of nitrogens with one attached hydrogen (secondary N) is 1. The number of hydrogen-bond donors (Lipinski definition) is 2.